The number of amides is 2. The molecule has 0 fully saturated rings. The fraction of sp³-hybridized carbons (Fsp3) is 0.316. The molecule has 0 heterocycles. The molecule has 5 nitrogen and oxygen atoms in total. The summed E-state index contributed by atoms with van der Waals surface area (Å²) in [6.07, 6.45) is -1.12. The molecule has 0 bridgehead atoms. The first-order valence-corrected chi connectivity index (χ1v) is 8.03. The average molecular weight is 346 g/mol. The molecule has 2 unspecified atom stereocenters. The molecule has 134 valence electrons. The molecular weight excluding hydrogens is 323 g/mol. The summed E-state index contributed by atoms with van der Waals surface area (Å²) in [7, 11) is 1.58. The van der Waals surface area contributed by atoms with E-state index in [1.54, 1.807) is 19.2 Å². The van der Waals surface area contributed by atoms with Crippen LogP contribution in [0.3, 0.4) is 0 Å². The van der Waals surface area contributed by atoms with Crippen LogP contribution in [0.25, 0.3) is 0 Å². The number of hydrogen-bond donors (Lipinski definition) is 3. The molecule has 0 aromatic heterocycles. The van der Waals surface area contributed by atoms with Gasteiger partial charge in [0.05, 0.1) is 19.3 Å². The molecule has 2 aromatic carbocycles. The molecule has 0 saturated carbocycles. The maximum atomic E-state index is 13.6. The van der Waals surface area contributed by atoms with Gasteiger partial charge in [-0.2, -0.15) is 0 Å². The molecule has 0 aliphatic carbocycles. The van der Waals surface area contributed by atoms with Gasteiger partial charge in [-0.15, -0.1) is 0 Å². The Morgan fingerprint density at radius 2 is 1.96 bits per heavy atom. The van der Waals surface area contributed by atoms with Gasteiger partial charge in [-0.1, -0.05) is 35.9 Å². The Morgan fingerprint density at radius 3 is 2.64 bits per heavy atom. The number of urea groups is 1. The van der Waals surface area contributed by atoms with Crippen molar-refractivity contribution in [1.82, 2.24) is 10.6 Å². The lowest BCUT2D eigenvalue weighted by atomic mass is 10.0. The molecule has 2 atom stereocenters. The lowest BCUT2D eigenvalue weighted by Crippen LogP contribution is -2.39. The van der Waals surface area contributed by atoms with E-state index in [0.29, 0.717) is 5.75 Å². The van der Waals surface area contributed by atoms with Gasteiger partial charge in [0.15, 0.2) is 0 Å². The van der Waals surface area contributed by atoms with Crippen LogP contribution in [0.15, 0.2) is 42.5 Å². The highest BCUT2D eigenvalue weighted by atomic mass is 19.1. The lowest BCUT2D eigenvalue weighted by Gasteiger charge is -2.19. The van der Waals surface area contributed by atoms with E-state index < -0.39 is 18.0 Å². The zero-order valence-corrected chi connectivity index (χ0v) is 14.5. The van der Waals surface area contributed by atoms with Crippen LogP contribution in [0.1, 0.15) is 35.8 Å². The molecule has 0 saturated heterocycles. The first-order valence-electron chi connectivity index (χ1n) is 8.03. The Bertz CT molecular complexity index is 736. The number of benzene rings is 2. The quantitative estimate of drug-likeness (QED) is 0.752. The number of nitrogens with one attached hydrogen (secondary N) is 2. The molecule has 3 N–H and O–H groups in total. The highest BCUT2D eigenvalue weighted by Crippen LogP contribution is 2.26. The van der Waals surface area contributed by atoms with Crippen molar-refractivity contribution in [2.45, 2.75) is 26.0 Å². The first kappa shape index (κ1) is 18.7. The van der Waals surface area contributed by atoms with Crippen LogP contribution in [-0.4, -0.2) is 24.8 Å². The van der Waals surface area contributed by atoms with Crippen molar-refractivity contribution in [3.8, 4) is 5.75 Å². The van der Waals surface area contributed by atoms with Gasteiger partial charge in [-0.05, 0) is 26.0 Å². The van der Waals surface area contributed by atoms with Gasteiger partial charge in [0.2, 0.25) is 0 Å². The molecule has 0 aliphatic rings. The summed E-state index contributed by atoms with van der Waals surface area (Å²) in [6.45, 7) is 3.70. The smallest absolute Gasteiger partial charge is 0.315 e. The van der Waals surface area contributed by atoms with Crippen molar-refractivity contribution >= 4 is 6.03 Å². The maximum Gasteiger partial charge on any atom is 0.315 e. The summed E-state index contributed by atoms with van der Waals surface area (Å²) in [5.41, 5.74) is 2.06. The topological polar surface area (TPSA) is 70.6 Å². The number of carbonyl (C=O) groups excluding carboxylic acids is 1. The van der Waals surface area contributed by atoms with Crippen molar-refractivity contribution in [3.05, 3.63) is 65.0 Å². The lowest BCUT2D eigenvalue weighted by molar-refractivity contribution is 0.168. The van der Waals surface area contributed by atoms with E-state index in [1.807, 2.05) is 32.0 Å². The summed E-state index contributed by atoms with van der Waals surface area (Å²) < 4.78 is 18.9. The van der Waals surface area contributed by atoms with E-state index in [1.165, 1.54) is 12.1 Å². The third-order valence-electron chi connectivity index (χ3n) is 3.92. The number of aliphatic hydroxyl groups is 1. The predicted molar refractivity (Wildman–Crippen MR) is 94.0 cm³/mol. The second-order valence-electron chi connectivity index (χ2n) is 5.86. The van der Waals surface area contributed by atoms with Gasteiger partial charge in [0.1, 0.15) is 11.6 Å². The molecule has 0 radical (unpaired) electrons. The standard InChI is InChI=1S/C19H23FN2O3/c1-12-8-9-18(25-3)15(10-12)13(2)22-19(24)21-11-17(23)14-6-4-5-7-16(14)20/h4-10,13,17,23H,11H2,1-3H3,(H2,21,22,24). The van der Waals surface area contributed by atoms with E-state index in [4.69, 9.17) is 4.74 Å². The normalized spacial score (nSPS) is 13.0. The number of carbonyl (C=O) groups is 1. The number of aryl methyl sites for hydroxylation is 1. The van der Waals surface area contributed by atoms with Crippen molar-refractivity contribution in [3.63, 3.8) is 0 Å². The van der Waals surface area contributed by atoms with Crippen molar-refractivity contribution in [2.24, 2.45) is 0 Å². The average Bonchev–Trinajstić information content (AvgIpc) is 2.60. The number of halogens is 1. The van der Waals surface area contributed by atoms with Crippen LogP contribution in [-0.2, 0) is 0 Å². The third-order valence-corrected chi connectivity index (χ3v) is 3.92. The summed E-state index contributed by atoms with van der Waals surface area (Å²) in [5.74, 6) is 0.180. The largest absolute Gasteiger partial charge is 0.496 e. The van der Waals surface area contributed by atoms with Crippen LogP contribution < -0.4 is 15.4 Å². The van der Waals surface area contributed by atoms with Crippen molar-refractivity contribution in [1.29, 1.82) is 0 Å². The van der Waals surface area contributed by atoms with Gasteiger partial charge < -0.3 is 20.5 Å². The fourth-order valence-electron chi connectivity index (χ4n) is 2.56. The number of methoxy groups -OCH3 is 1. The summed E-state index contributed by atoms with van der Waals surface area (Å²) in [4.78, 5) is 12.1. The van der Waals surface area contributed by atoms with Crippen LogP contribution in [0.5, 0.6) is 5.75 Å². The summed E-state index contributed by atoms with van der Waals surface area (Å²) in [6, 6.07) is 10.9. The first-order chi connectivity index (χ1) is 11.9. The Kier molecular flexibility index (Phi) is 6.36. The second kappa shape index (κ2) is 8.48. The molecular formula is C19H23FN2O3. The second-order valence-corrected chi connectivity index (χ2v) is 5.86. The molecule has 6 heteroatoms. The van der Waals surface area contributed by atoms with Crippen molar-refractivity contribution in [2.75, 3.05) is 13.7 Å². The zero-order chi connectivity index (χ0) is 18.4. The molecule has 2 amide bonds. The number of hydrogen-bond acceptors (Lipinski definition) is 3. The fourth-order valence-corrected chi connectivity index (χ4v) is 2.56. The minimum absolute atomic E-state index is 0.0928. The van der Waals surface area contributed by atoms with Gasteiger partial charge in [0, 0.05) is 17.7 Å². The predicted octanol–water partition coefficient (Wildman–Crippen LogP) is 3.24. The Balaban J connectivity index is 1.94. The van der Waals surface area contributed by atoms with Gasteiger partial charge in [-0.3, -0.25) is 0 Å². The third kappa shape index (κ3) is 4.93. The van der Waals surface area contributed by atoms with Crippen LogP contribution in [0.4, 0.5) is 9.18 Å². The van der Waals surface area contributed by atoms with Crippen LogP contribution in [0, 0.1) is 12.7 Å². The Labute approximate surface area is 146 Å². The molecule has 2 rings (SSSR count). The molecule has 0 spiro atoms. The van der Waals surface area contributed by atoms with Crippen molar-refractivity contribution < 1.29 is 19.0 Å². The SMILES string of the molecule is COc1ccc(C)cc1C(C)NC(=O)NCC(O)c1ccccc1F. The van der Waals surface area contributed by atoms with Crippen LogP contribution >= 0.6 is 0 Å². The minimum atomic E-state index is -1.12. The highest BCUT2D eigenvalue weighted by molar-refractivity contribution is 5.74. The van der Waals surface area contributed by atoms with Gasteiger partial charge in [0.25, 0.3) is 0 Å². The van der Waals surface area contributed by atoms with Crippen LogP contribution in [0.2, 0.25) is 0 Å². The Morgan fingerprint density at radius 1 is 1.24 bits per heavy atom. The highest BCUT2D eigenvalue weighted by Gasteiger charge is 2.16. The monoisotopic (exact) mass is 346 g/mol. The van der Waals surface area contributed by atoms with E-state index >= 15 is 0 Å². The molecule has 0 aliphatic heterocycles. The van der Waals surface area contributed by atoms with E-state index in [-0.39, 0.29) is 18.2 Å². The number of aliphatic hydroxyl groups excluding tert-OH is 1. The van der Waals surface area contributed by atoms with Gasteiger partial charge >= 0.3 is 6.03 Å². The van der Waals surface area contributed by atoms with E-state index in [2.05, 4.69) is 10.6 Å². The maximum absolute atomic E-state index is 13.6. The van der Waals surface area contributed by atoms with E-state index in [9.17, 15) is 14.3 Å². The number of rotatable bonds is 6. The zero-order valence-electron chi connectivity index (χ0n) is 14.5. The number of ether oxygens (including phenoxy) is 1. The van der Waals surface area contributed by atoms with Gasteiger partial charge in [-0.25, -0.2) is 9.18 Å². The summed E-state index contributed by atoms with van der Waals surface area (Å²) in [5, 5.41) is 15.4. The molecule has 25 heavy (non-hydrogen) atoms. The summed E-state index contributed by atoms with van der Waals surface area (Å²) >= 11 is 0. The minimum Gasteiger partial charge on any atom is -0.496 e. The Hall–Kier alpha value is -2.60. The van der Waals surface area contributed by atoms with E-state index in [0.717, 1.165) is 11.1 Å². The molecule has 2 aromatic rings.